The lowest BCUT2D eigenvalue weighted by Gasteiger charge is -2.32. The quantitative estimate of drug-likeness (QED) is 0.480. The number of hydrogen-bond acceptors (Lipinski definition) is 3. The molecule has 1 fully saturated rings. The van der Waals surface area contributed by atoms with Crippen molar-refractivity contribution in [1.82, 2.24) is 20.5 Å². The highest BCUT2D eigenvalue weighted by molar-refractivity contribution is 6.06. The number of fused-ring (bicyclic) bond motifs is 1. The molecule has 2 aromatic heterocycles. The number of nitrogens with zero attached hydrogens (tertiary/aromatic N) is 2. The summed E-state index contributed by atoms with van der Waals surface area (Å²) in [5.41, 5.74) is 3.41. The summed E-state index contributed by atoms with van der Waals surface area (Å²) in [7, 11) is 0. The first-order valence-corrected chi connectivity index (χ1v) is 10.1. The molecule has 2 aromatic carbocycles. The Morgan fingerprint density at radius 3 is 2.67 bits per heavy atom. The second kappa shape index (κ2) is 7.67. The van der Waals surface area contributed by atoms with E-state index in [0.29, 0.717) is 5.56 Å². The van der Waals surface area contributed by atoms with Crippen LogP contribution in [0.1, 0.15) is 23.2 Å². The molecule has 152 valence electrons. The number of para-hydroxylation sites is 1. The van der Waals surface area contributed by atoms with E-state index in [9.17, 15) is 9.18 Å². The molecule has 0 aliphatic carbocycles. The van der Waals surface area contributed by atoms with Crippen molar-refractivity contribution in [1.29, 1.82) is 0 Å². The van der Waals surface area contributed by atoms with Gasteiger partial charge in [-0.25, -0.2) is 4.39 Å². The van der Waals surface area contributed by atoms with Gasteiger partial charge in [0.25, 0.3) is 5.91 Å². The molecular weight excluding hydrogens is 381 g/mol. The number of hydrogen-bond donors (Lipinski definition) is 3. The zero-order valence-corrected chi connectivity index (χ0v) is 16.4. The van der Waals surface area contributed by atoms with Crippen molar-refractivity contribution in [2.75, 3.05) is 18.0 Å². The molecule has 0 saturated carbocycles. The fraction of sp³-hybridized carbons (Fsp3) is 0.217. The minimum absolute atomic E-state index is 0.0377. The highest BCUT2D eigenvalue weighted by atomic mass is 19.1. The molecule has 0 radical (unpaired) electrons. The standard InChI is InChI=1S/C23H22FN5O/c24-16-7-5-15(6-8-16)21-13-22(28-27-21)29-11-9-17(10-12-29)26-23(30)19-14-25-20-4-2-1-3-18(19)20/h1-8,13-14,17,25H,9-12H2,(H,26,30)(H,27,28). The molecular formula is C23H22FN5O. The van der Waals surface area contributed by atoms with Crippen LogP contribution in [0, 0.1) is 5.82 Å². The molecule has 1 saturated heterocycles. The van der Waals surface area contributed by atoms with Gasteiger partial charge in [-0.1, -0.05) is 18.2 Å². The first kappa shape index (κ1) is 18.4. The summed E-state index contributed by atoms with van der Waals surface area (Å²) >= 11 is 0. The molecule has 30 heavy (non-hydrogen) atoms. The van der Waals surface area contributed by atoms with E-state index >= 15 is 0 Å². The maximum absolute atomic E-state index is 13.1. The summed E-state index contributed by atoms with van der Waals surface area (Å²) in [5, 5.41) is 11.6. The monoisotopic (exact) mass is 403 g/mol. The van der Waals surface area contributed by atoms with Crippen molar-refractivity contribution < 1.29 is 9.18 Å². The zero-order chi connectivity index (χ0) is 20.5. The lowest BCUT2D eigenvalue weighted by atomic mass is 10.0. The molecule has 1 aliphatic rings. The number of benzene rings is 2. The lowest BCUT2D eigenvalue weighted by molar-refractivity contribution is 0.0933. The van der Waals surface area contributed by atoms with Crippen molar-refractivity contribution in [2.24, 2.45) is 0 Å². The van der Waals surface area contributed by atoms with Gasteiger partial charge in [-0.3, -0.25) is 9.89 Å². The van der Waals surface area contributed by atoms with Crippen molar-refractivity contribution in [3.05, 3.63) is 72.2 Å². The number of amides is 1. The van der Waals surface area contributed by atoms with Crippen LogP contribution in [0.25, 0.3) is 22.2 Å². The predicted molar refractivity (Wildman–Crippen MR) is 115 cm³/mol. The van der Waals surface area contributed by atoms with E-state index < -0.39 is 0 Å². The smallest absolute Gasteiger partial charge is 0.253 e. The van der Waals surface area contributed by atoms with E-state index in [1.165, 1.54) is 12.1 Å². The third kappa shape index (κ3) is 3.54. The van der Waals surface area contributed by atoms with Gasteiger partial charge >= 0.3 is 0 Å². The van der Waals surface area contributed by atoms with Gasteiger partial charge in [-0.05, 0) is 48.7 Å². The fourth-order valence-corrected chi connectivity index (χ4v) is 4.03. The van der Waals surface area contributed by atoms with Gasteiger partial charge in [0.1, 0.15) is 5.82 Å². The number of piperidine rings is 1. The number of rotatable bonds is 4. The molecule has 0 spiro atoms. The highest BCUT2D eigenvalue weighted by Gasteiger charge is 2.23. The third-order valence-electron chi connectivity index (χ3n) is 5.71. The van der Waals surface area contributed by atoms with E-state index in [4.69, 9.17) is 0 Å². The molecule has 5 rings (SSSR count). The van der Waals surface area contributed by atoms with Gasteiger partial charge in [0, 0.05) is 42.3 Å². The largest absolute Gasteiger partial charge is 0.360 e. The minimum atomic E-state index is -0.254. The van der Waals surface area contributed by atoms with Crippen LogP contribution in [-0.2, 0) is 0 Å². The third-order valence-corrected chi connectivity index (χ3v) is 5.71. The number of aromatic amines is 2. The topological polar surface area (TPSA) is 76.8 Å². The Bertz CT molecular complexity index is 1170. The molecule has 6 nitrogen and oxygen atoms in total. The second-order valence-corrected chi connectivity index (χ2v) is 7.63. The van der Waals surface area contributed by atoms with Crippen LogP contribution in [0.5, 0.6) is 0 Å². The average molecular weight is 403 g/mol. The van der Waals surface area contributed by atoms with Crippen LogP contribution in [0.4, 0.5) is 10.2 Å². The molecule has 7 heteroatoms. The fourth-order valence-electron chi connectivity index (χ4n) is 4.03. The van der Waals surface area contributed by atoms with Gasteiger partial charge < -0.3 is 15.2 Å². The normalized spacial score (nSPS) is 14.9. The molecule has 0 unspecified atom stereocenters. The van der Waals surface area contributed by atoms with Crippen molar-refractivity contribution in [3.63, 3.8) is 0 Å². The summed E-state index contributed by atoms with van der Waals surface area (Å²) in [5.74, 6) is 0.579. The Balaban J connectivity index is 1.20. The number of carbonyl (C=O) groups is 1. The maximum Gasteiger partial charge on any atom is 0.253 e. The summed E-state index contributed by atoms with van der Waals surface area (Å²) in [4.78, 5) is 18.1. The molecule has 1 aliphatic heterocycles. The van der Waals surface area contributed by atoms with Crippen LogP contribution >= 0.6 is 0 Å². The molecule has 4 aromatic rings. The van der Waals surface area contributed by atoms with Crippen LogP contribution in [0.3, 0.4) is 0 Å². The van der Waals surface area contributed by atoms with E-state index in [1.54, 1.807) is 18.3 Å². The van der Waals surface area contributed by atoms with Crippen LogP contribution in [0.15, 0.2) is 60.8 Å². The van der Waals surface area contributed by atoms with Crippen LogP contribution < -0.4 is 10.2 Å². The number of halogens is 1. The van der Waals surface area contributed by atoms with E-state index in [0.717, 1.165) is 53.9 Å². The summed E-state index contributed by atoms with van der Waals surface area (Å²) in [6.45, 7) is 1.62. The van der Waals surface area contributed by atoms with Crippen molar-refractivity contribution in [3.8, 4) is 11.3 Å². The Morgan fingerprint density at radius 2 is 1.87 bits per heavy atom. The Hall–Kier alpha value is -3.61. The van der Waals surface area contributed by atoms with E-state index in [2.05, 4.69) is 25.4 Å². The highest BCUT2D eigenvalue weighted by Crippen LogP contribution is 2.25. The minimum Gasteiger partial charge on any atom is -0.360 e. The number of aromatic nitrogens is 3. The first-order valence-electron chi connectivity index (χ1n) is 10.1. The lowest BCUT2D eigenvalue weighted by Crippen LogP contribution is -2.44. The average Bonchev–Trinajstić information content (AvgIpc) is 3.42. The number of nitrogens with one attached hydrogen (secondary N) is 3. The van der Waals surface area contributed by atoms with Crippen LogP contribution in [0.2, 0.25) is 0 Å². The van der Waals surface area contributed by atoms with Crippen LogP contribution in [-0.4, -0.2) is 40.2 Å². The van der Waals surface area contributed by atoms with Gasteiger partial charge in [0.05, 0.1) is 11.3 Å². The van der Waals surface area contributed by atoms with Crippen molar-refractivity contribution in [2.45, 2.75) is 18.9 Å². The molecule has 0 atom stereocenters. The number of H-pyrrole nitrogens is 2. The SMILES string of the molecule is O=C(NC1CCN(c2cc(-c3ccc(F)cc3)[nH]n2)CC1)c1c[nH]c2ccccc12. The molecule has 1 amide bonds. The summed E-state index contributed by atoms with van der Waals surface area (Å²) < 4.78 is 13.1. The molecule has 3 N–H and O–H groups in total. The Kier molecular flexibility index (Phi) is 4.71. The van der Waals surface area contributed by atoms with Gasteiger partial charge in [0.2, 0.25) is 0 Å². The molecule has 0 bridgehead atoms. The van der Waals surface area contributed by atoms with Gasteiger partial charge in [-0.15, -0.1) is 0 Å². The number of carbonyl (C=O) groups excluding carboxylic acids is 1. The molecule has 3 heterocycles. The summed E-state index contributed by atoms with van der Waals surface area (Å²) in [6, 6.07) is 16.3. The van der Waals surface area contributed by atoms with Gasteiger partial charge in [0.15, 0.2) is 5.82 Å². The first-order chi connectivity index (χ1) is 14.7. The Morgan fingerprint density at radius 1 is 1.10 bits per heavy atom. The van der Waals surface area contributed by atoms with E-state index in [1.807, 2.05) is 30.3 Å². The predicted octanol–water partition coefficient (Wildman–Crippen LogP) is 4.10. The maximum atomic E-state index is 13.1. The van der Waals surface area contributed by atoms with Crippen molar-refractivity contribution >= 4 is 22.6 Å². The van der Waals surface area contributed by atoms with E-state index in [-0.39, 0.29) is 17.8 Å². The van der Waals surface area contributed by atoms with Gasteiger partial charge in [-0.2, -0.15) is 5.10 Å². The zero-order valence-electron chi connectivity index (χ0n) is 16.4. The summed E-state index contributed by atoms with van der Waals surface area (Å²) in [6.07, 6.45) is 3.48. The Labute approximate surface area is 173 Å². The second-order valence-electron chi connectivity index (χ2n) is 7.63. The number of anilines is 1.